The molecule has 170 valence electrons. The molecule has 3 heterocycles. The van der Waals surface area contributed by atoms with Crippen LogP contribution in [0.5, 0.6) is 0 Å². The summed E-state index contributed by atoms with van der Waals surface area (Å²) < 4.78 is 41.9. The molecule has 33 heavy (non-hydrogen) atoms. The summed E-state index contributed by atoms with van der Waals surface area (Å²) in [7, 11) is 3.19. The van der Waals surface area contributed by atoms with Gasteiger partial charge >= 0.3 is 6.18 Å². The first-order valence-corrected chi connectivity index (χ1v) is 10.1. The number of hydrogen-bond acceptors (Lipinski definition) is 7. The number of halogens is 4. The maximum absolute atomic E-state index is 13.6. The van der Waals surface area contributed by atoms with E-state index in [1.807, 2.05) is 0 Å². The van der Waals surface area contributed by atoms with Crippen molar-refractivity contribution in [1.29, 1.82) is 0 Å². The van der Waals surface area contributed by atoms with Crippen molar-refractivity contribution in [2.45, 2.75) is 19.1 Å². The molecule has 4 rings (SSSR count). The second kappa shape index (κ2) is 8.39. The van der Waals surface area contributed by atoms with Crippen LogP contribution in [0.3, 0.4) is 0 Å². The third-order valence-corrected chi connectivity index (χ3v) is 5.45. The van der Waals surface area contributed by atoms with Crippen LogP contribution in [0.4, 0.5) is 19.0 Å². The molecule has 0 fully saturated rings. The van der Waals surface area contributed by atoms with Crippen LogP contribution in [-0.4, -0.2) is 36.8 Å². The highest BCUT2D eigenvalue weighted by molar-refractivity contribution is 6.31. The smallest absolute Gasteiger partial charge is 0.351 e. The Morgan fingerprint density at radius 1 is 1.09 bits per heavy atom. The molecule has 0 saturated carbocycles. The van der Waals surface area contributed by atoms with Crippen LogP contribution in [0, 0.1) is 0 Å². The number of aromatic nitrogens is 6. The summed E-state index contributed by atoms with van der Waals surface area (Å²) in [5.74, 6) is 0.241. The predicted octanol–water partition coefficient (Wildman–Crippen LogP) is 4.05. The van der Waals surface area contributed by atoms with Crippen LogP contribution in [0.25, 0.3) is 22.3 Å². The van der Waals surface area contributed by atoms with E-state index < -0.39 is 17.8 Å². The normalized spacial score (nSPS) is 12.7. The van der Waals surface area contributed by atoms with Crippen molar-refractivity contribution in [1.82, 2.24) is 29.7 Å². The first-order valence-electron chi connectivity index (χ1n) is 9.68. The highest BCUT2D eigenvalue weighted by Crippen LogP contribution is 2.39. The number of alkyl halides is 3. The van der Waals surface area contributed by atoms with Gasteiger partial charge in [-0.1, -0.05) is 11.6 Å². The summed E-state index contributed by atoms with van der Waals surface area (Å²) in [5.41, 5.74) is -0.121. The fourth-order valence-corrected chi connectivity index (χ4v) is 3.68. The minimum Gasteiger partial charge on any atom is -0.351 e. The number of nitrogens with zero attached hydrogens (tertiary/aromatic N) is 7. The summed E-state index contributed by atoms with van der Waals surface area (Å²) in [5, 5.41) is 4.30. The molecular weight excluding hydrogens is 459 g/mol. The van der Waals surface area contributed by atoms with Gasteiger partial charge in [0, 0.05) is 43.0 Å². The lowest BCUT2D eigenvalue weighted by Crippen LogP contribution is -2.25. The largest absolute Gasteiger partial charge is 0.418 e. The Balaban J connectivity index is 1.84. The second-order valence-electron chi connectivity index (χ2n) is 7.30. The van der Waals surface area contributed by atoms with Crippen LogP contribution >= 0.6 is 11.6 Å². The number of benzene rings is 1. The monoisotopic (exact) mass is 475 g/mol. The molecule has 8 nitrogen and oxygen atoms in total. The molecule has 1 atom stereocenters. The van der Waals surface area contributed by atoms with Gasteiger partial charge in [-0.15, -0.1) is 0 Å². The maximum Gasteiger partial charge on any atom is 0.418 e. The number of aryl methyl sites for hydroxylation is 1. The fraction of sp³-hybridized carbons (Fsp3) is 0.238. The Morgan fingerprint density at radius 3 is 2.52 bits per heavy atom. The lowest BCUT2D eigenvalue weighted by Gasteiger charge is -2.27. The van der Waals surface area contributed by atoms with Crippen molar-refractivity contribution in [3.8, 4) is 11.4 Å². The van der Waals surface area contributed by atoms with Crippen molar-refractivity contribution in [2.24, 2.45) is 7.05 Å². The van der Waals surface area contributed by atoms with Crippen LogP contribution in [-0.2, 0) is 13.2 Å². The zero-order chi connectivity index (χ0) is 23.9. The van der Waals surface area contributed by atoms with E-state index in [1.54, 1.807) is 18.9 Å². The van der Waals surface area contributed by atoms with Gasteiger partial charge in [-0.05, 0) is 25.1 Å². The van der Waals surface area contributed by atoms with Crippen molar-refractivity contribution < 1.29 is 13.2 Å². The van der Waals surface area contributed by atoms with Gasteiger partial charge in [0.25, 0.3) is 5.56 Å². The minimum atomic E-state index is -4.63. The molecule has 0 amide bonds. The van der Waals surface area contributed by atoms with E-state index in [2.05, 4.69) is 25.0 Å². The molecule has 0 bridgehead atoms. The summed E-state index contributed by atoms with van der Waals surface area (Å²) in [6.45, 7) is 1.80. The van der Waals surface area contributed by atoms with E-state index in [4.69, 9.17) is 11.6 Å². The topological polar surface area (TPSA) is 89.7 Å². The van der Waals surface area contributed by atoms with Gasteiger partial charge in [-0.3, -0.25) is 14.8 Å². The summed E-state index contributed by atoms with van der Waals surface area (Å²) in [6.07, 6.45) is -0.558. The SMILES string of the molecule is CC(c1nccnc1-c1ccc(=O)n(C)n1)N(C)c1ncnc2c(C(F)(F)F)cc(Cl)cc12. The fourth-order valence-electron chi connectivity index (χ4n) is 3.46. The Kier molecular flexibility index (Phi) is 5.75. The van der Waals surface area contributed by atoms with Gasteiger partial charge in [-0.25, -0.2) is 14.6 Å². The molecule has 0 saturated heterocycles. The molecule has 1 unspecified atom stereocenters. The number of rotatable bonds is 4. The van der Waals surface area contributed by atoms with E-state index in [-0.39, 0.29) is 27.3 Å². The first-order chi connectivity index (χ1) is 15.6. The molecule has 1 aromatic carbocycles. The van der Waals surface area contributed by atoms with E-state index >= 15 is 0 Å². The summed E-state index contributed by atoms with van der Waals surface area (Å²) in [4.78, 5) is 30.3. The Morgan fingerprint density at radius 2 is 1.82 bits per heavy atom. The van der Waals surface area contributed by atoms with E-state index in [0.29, 0.717) is 17.1 Å². The first kappa shape index (κ1) is 22.6. The Bertz CT molecular complexity index is 1410. The lowest BCUT2D eigenvalue weighted by molar-refractivity contribution is -0.136. The summed E-state index contributed by atoms with van der Waals surface area (Å²) >= 11 is 6.00. The predicted molar refractivity (Wildman–Crippen MR) is 117 cm³/mol. The molecule has 12 heteroatoms. The molecule has 0 spiro atoms. The van der Waals surface area contributed by atoms with Gasteiger partial charge in [0.1, 0.15) is 23.5 Å². The molecule has 0 radical (unpaired) electrons. The lowest BCUT2D eigenvalue weighted by atomic mass is 10.1. The van der Waals surface area contributed by atoms with Gasteiger partial charge in [0.15, 0.2) is 0 Å². The Labute approximate surface area is 190 Å². The quantitative estimate of drug-likeness (QED) is 0.440. The zero-order valence-corrected chi connectivity index (χ0v) is 18.4. The average molecular weight is 476 g/mol. The third-order valence-electron chi connectivity index (χ3n) is 5.23. The van der Waals surface area contributed by atoms with Gasteiger partial charge in [-0.2, -0.15) is 18.3 Å². The molecular formula is C21H17ClF3N7O. The second-order valence-corrected chi connectivity index (χ2v) is 7.74. The van der Waals surface area contributed by atoms with E-state index in [0.717, 1.165) is 12.4 Å². The Hall–Kier alpha value is -3.60. The zero-order valence-electron chi connectivity index (χ0n) is 17.7. The van der Waals surface area contributed by atoms with Crippen LogP contribution in [0.15, 0.2) is 47.8 Å². The highest BCUT2D eigenvalue weighted by Gasteiger charge is 2.35. The van der Waals surface area contributed by atoms with Crippen LogP contribution < -0.4 is 10.5 Å². The van der Waals surface area contributed by atoms with Gasteiger partial charge in [0.05, 0.1) is 22.8 Å². The molecule has 0 aliphatic carbocycles. The highest BCUT2D eigenvalue weighted by atomic mass is 35.5. The number of hydrogen-bond donors (Lipinski definition) is 0. The van der Waals surface area contributed by atoms with Crippen LogP contribution in [0.2, 0.25) is 5.02 Å². The average Bonchev–Trinajstić information content (AvgIpc) is 2.78. The van der Waals surface area contributed by atoms with Crippen molar-refractivity contribution in [2.75, 3.05) is 11.9 Å². The molecule has 3 aromatic heterocycles. The third kappa shape index (κ3) is 4.23. The molecule has 0 aliphatic rings. The molecule has 4 aromatic rings. The van der Waals surface area contributed by atoms with Gasteiger partial charge in [0.2, 0.25) is 0 Å². The van der Waals surface area contributed by atoms with E-state index in [1.165, 1.54) is 42.3 Å². The van der Waals surface area contributed by atoms with Crippen molar-refractivity contribution >= 4 is 28.3 Å². The number of fused-ring (bicyclic) bond motifs is 1. The molecule has 0 aliphatic heterocycles. The number of anilines is 1. The van der Waals surface area contributed by atoms with E-state index in [9.17, 15) is 18.0 Å². The molecule has 0 N–H and O–H groups in total. The summed E-state index contributed by atoms with van der Waals surface area (Å²) in [6, 6.07) is 4.66. The van der Waals surface area contributed by atoms with Crippen LogP contribution in [0.1, 0.15) is 24.2 Å². The van der Waals surface area contributed by atoms with Crippen molar-refractivity contribution in [3.63, 3.8) is 0 Å². The standard InChI is InChI=1S/C21H17ClF3N7O/c1-11(17-19(27-7-6-26-17)15-4-5-16(33)32(3)30-15)31(2)20-13-8-12(22)9-14(21(23,24)25)18(13)28-10-29-20/h4-11H,1-3H3. The minimum absolute atomic E-state index is 0.0819. The van der Waals surface area contributed by atoms with Gasteiger partial charge < -0.3 is 4.90 Å². The maximum atomic E-state index is 13.6. The van der Waals surface area contributed by atoms with Crippen molar-refractivity contribution in [3.05, 3.63) is 69.6 Å².